The Morgan fingerprint density at radius 1 is 1.03 bits per heavy atom. The van der Waals surface area contributed by atoms with Gasteiger partial charge >= 0.3 is 5.97 Å². The van der Waals surface area contributed by atoms with E-state index in [1.165, 1.54) is 56.7 Å². The third-order valence-electron chi connectivity index (χ3n) is 8.62. The number of hydrogen-bond acceptors (Lipinski definition) is 3. The summed E-state index contributed by atoms with van der Waals surface area (Å²) in [4.78, 5) is 32.3. The van der Waals surface area contributed by atoms with Gasteiger partial charge in [-0.25, -0.2) is 18.6 Å². The van der Waals surface area contributed by atoms with Crippen LogP contribution in [0.2, 0.25) is 0 Å². The summed E-state index contributed by atoms with van der Waals surface area (Å²) in [6.07, 6.45) is 9.27. The SMILES string of the molecule is O=C(O)c1cccc(NC(=O)c2nc(-c3ccc(F)cc3F)[nH]c2CCC23CC4CC(CC(C4)C2)C3)c1. The number of carbonyl (C=O) groups is 2. The lowest BCUT2D eigenvalue weighted by Gasteiger charge is -2.57. The van der Waals surface area contributed by atoms with Gasteiger partial charge in [-0.15, -0.1) is 0 Å². The van der Waals surface area contributed by atoms with E-state index in [1.54, 1.807) is 12.1 Å². The van der Waals surface area contributed by atoms with Crippen molar-refractivity contribution in [3.05, 3.63) is 71.1 Å². The van der Waals surface area contributed by atoms with Crippen LogP contribution in [-0.2, 0) is 6.42 Å². The van der Waals surface area contributed by atoms with E-state index in [0.717, 1.165) is 36.3 Å². The topological polar surface area (TPSA) is 95.1 Å². The lowest BCUT2D eigenvalue weighted by atomic mass is 9.48. The Bertz CT molecular complexity index is 1350. The molecule has 0 spiro atoms. The van der Waals surface area contributed by atoms with E-state index < -0.39 is 23.5 Å². The fraction of sp³-hybridized carbons (Fsp3) is 0.414. The van der Waals surface area contributed by atoms with Gasteiger partial charge in [0.05, 0.1) is 11.1 Å². The van der Waals surface area contributed by atoms with Crippen molar-refractivity contribution in [1.82, 2.24) is 9.97 Å². The molecule has 3 aromatic rings. The minimum Gasteiger partial charge on any atom is -0.478 e. The number of hydrogen-bond donors (Lipinski definition) is 3. The molecule has 0 saturated heterocycles. The number of halogens is 2. The van der Waals surface area contributed by atoms with Crippen molar-refractivity contribution in [2.45, 2.75) is 51.4 Å². The number of imidazole rings is 1. The van der Waals surface area contributed by atoms with Crippen molar-refractivity contribution < 1.29 is 23.5 Å². The third-order valence-corrected chi connectivity index (χ3v) is 8.62. The van der Waals surface area contributed by atoms with E-state index in [1.807, 2.05) is 0 Å². The molecular weight excluding hydrogens is 476 g/mol. The number of aromatic amines is 1. The predicted molar refractivity (Wildman–Crippen MR) is 134 cm³/mol. The van der Waals surface area contributed by atoms with Gasteiger partial charge in [-0.1, -0.05) is 6.07 Å². The monoisotopic (exact) mass is 505 g/mol. The molecule has 7 rings (SSSR count). The van der Waals surface area contributed by atoms with E-state index >= 15 is 0 Å². The number of amides is 1. The van der Waals surface area contributed by atoms with Crippen LogP contribution in [0.25, 0.3) is 11.4 Å². The number of nitrogens with one attached hydrogen (secondary N) is 2. The smallest absolute Gasteiger partial charge is 0.335 e. The molecule has 6 nitrogen and oxygen atoms in total. The number of carboxylic acid groups (broad SMARTS) is 1. The van der Waals surface area contributed by atoms with Crippen LogP contribution in [0.4, 0.5) is 14.5 Å². The molecule has 4 saturated carbocycles. The molecule has 0 radical (unpaired) electrons. The standard InChI is InChI=1S/C29H29F2N3O3/c30-20-4-5-22(23(31)12-20)26-33-24(6-7-29-13-16-8-17(14-29)10-18(9-16)15-29)25(34-26)27(35)32-21-3-1-2-19(11-21)28(36)37/h1-5,11-12,16-18H,6-10,13-15H2,(H,32,35)(H,33,34)(H,36,37). The zero-order valence-electron chi connectivity index (χ0n) is 20.4. The highest BCUT2D eigenvalue weighted by Gasteiger charge is 2.50. The number of nitrogens with zero attached hydrogens (tertiary/aromatic N) is 1. The molecule has 1 aromatic heterocycles. The molecule has 3 N–H and O–H groups in total. The maximum atomic E-state index is 14.6. The van der Waals surface area contributed by atoms with Crippen LogP contribution in [0.3, 0.4) is 0 Å². The summed E-state index contributed by atoms with van der Waals surface area (Å²) in [5.74, 6) is -0.464. The first-order valence-electron chi connectivity index (χ1n) is 13.0. The van der Waals surface area contributed by atoms with Gasteiger partial charge in [-0.05, 0) is 105 Å². The Morgan fingerprint density at radius 2 is 1.73 bits per heavy atom. The van der Waals surface area contributed by atoms with E-state index in [-0.39, 0.29) is 28.1 Å². The zero-order valence-corrected chi connectivity index (χ0v) is 20.4. The van der Waals surface area contributed by atoms with Crippen LogP contribution in [0, 0.1) is 34.8 Å². The molecule has 4 fully saturated rings. The zero-order chi connectivity index (χ0) is 25.7. The molecule has 37 heavy (non-hydrogen) atoms. The summed E-state index contributed by atoms with van der Waals surface area (Å²) in [6, 6.07) is 9.24. The number of aromatic nitrogens is 2. The molecule has 0 aliphatic heterocycles. The number of carboxylic acids is 1. The average molecular weight is 506 g/mol. The van der Waals surface area contributed by atoms with Crippen molar-refractivity contribution in [3.8, 4) is 11.4 Å². The molecule has 1 heterocycles. The second-order valence-electron chi connectivity index (χ2n) is 11.3. The Kier molecular flexibility index (Phi) is 5.85. The molecular formula is C29H29F2N3O3. The first kappa shape index (κ1) is 23.8. The van der Waals surface area contributed by atoms with Crippen LogP contribution >= 0.6 is 0 Å². The Labute approximate surface area is 213 Å². The van der Waals surface area contributed by atoms with Gasteiger partial charge in [0.1, 0.15) is 23.2 Å². The maximum Gasteiger partial charge on any atom is 0.335 e. The van der Waals surface area contributed by atoms with Crippen molar-refractivity contribution in [1.29, 1.82) is 0 Å². The third kappa shape index (κ3) is 4.65. The van der Waals surface area contributed by atoms with Crippen molar-refractivity contribution in [2.75, 3.05) is 5.32 Å². The number of H-pyrrole nitrogens is 1. The van der Waals surface area contributed by atoms with Crippen molar-refractivity contribution in [2.24, 2.45) is 23.2 Å². The van der Waals surface area contributed by atoms with Gasteiger partial charge < -0.3 is 15.4 Å². The van der Waals surface area contributed by atoms with Crippen molar-refractivity contribution >= 4 is 17.6 Å². The van der Waals surface area contributed by atoms with E-state index in [9.17, 15) is 23.5 Å². The van der Waals surface area contributed by atoms with Gasteiger partial charge in [0.2, 0.25) is 0 Å². The second-order valence-corrected chi connectivity index (χ2v) is 11.3. The Morgan fingerprint density at radius 3 is 2.38 bits per heavy atom. The van der Waals surface area contributed by atoms with Crippen LogP contribution < -0.4 is 5.32 Å². The van der Waals surface area contributed by atoms with Gasteiger partial charge in [-0.3, -0.25) is 4.79 Å². The Hall–Kier alpha value is -3.55. The number of benzene rings is 2. The Balaban J connectivity index is 1.30. The normalized spacial score (nSPS) is 25.8. The molecule has 4 aliphatic carbocycles. The quantitative estimate of drug-likeness (QED) is 0.344. The number of aromatic carboxylic acids is 1. The largest absolute Gasteiger partial charge is 0.478 e. The fourth-order valence-electron chi connectivity index (χ4n) is 7.49. The summed E-state index contributed by atoms with van der Waals surface area (Å²) in [5, 5.41) is 12.0. The summed E-state index contributed by atoms with van der Waals surface area (Å²) in [6.45, 7) is 0. The highest BCUT2D eigenvalue weighted by Crippen LogP contribution is 2.61. The highest BCUT2D eigenvalue weighted by molar-refractivity contribution is 6.04. The van der Waals surface area contributed by atoms with E-state index in [0.29, 0.717) is 17.8 Å². The van der Waals surface area contributed by atoms with Crippen LogP contribution in [0.5, 0.6) is 0 Å². The molecule has 2 aromatic carbocycles. The fourth-order valence-corrected chi connectivity index (χ4v) is 7.49. The van der Waals surface area contributed by atoms with Gasteiger partial charge in [0.25, 0.3) is 5.91 Å². The van der Waals surface area contributed by atoms with Gasteiger partial charge in [0, 0.05) is 17.4 Å². The lowest BCUT2D eigenvalue weighted by Crippen LogP contribution is -2.46. The van der Waals surface area contributed by atoms with Crippen LogP contribution in [-0.4, -0.2) is 27.0 Å². The molecule has 0 unspecified atom stereocenters. The molecule has 1 amide bonds. The maximum absolute atomic E-state index is 14.6. The van der Waals surface area contributed by atoms with E-state index in [4.69, 9.17) is 0 Å². The minimum atomic E-state index is -1.10. The number of anilines is 1. The van der Waals surface area contributed by atoms with E-state index in [2.05, 4.69) is 15.3 Å². The van der Waals surface area contributed by atoms with Gasteiger partial charge in [0.15, 0.2) is 0 Å². The number of aryl methyl sites for hydroxylation is 1. The predicted octanol–water partition coefficient (Wildman–Crippen LogP) is 6.45. The van der Waals surface area contributed by atoms with Gasteiger partial charge in [-0.2, -0.15) is 0 Å². The summed E-state index contributed by atoms with van der Waals surface area (Å²) in [7, 11) is 0. The molecule has 4 bridgehead atoms. The lowest BCUT2D eigenvalue weighted by molar-refractivity contribution is -0.0570. The van der Waals surface area contributed by atoms with Crippen LogP contribution in [0.15, 0.2) is 42.5 Å². The number of rotatable bonds is 7. The highest BCUT2D eigenvalue weighted by atomic mass is 19.1. The molecule has 0 atom stereocenters. The second kappa shape index (κ2) is 9.08. The molecule has 8 heteroatoms. The van der Waals surface area contributed by atoms with Crippen molar-refractivity contribution in [3.63, 3.8) is 0 Å². The van der Waals surface area contributed by atoms with Crippen LogP contribution in [0.1, 0.15) is 71.5 Å². The first-order chi connectivity index (χ1) is 17.8. The first-order valence-corrected chi connectivity index (χ1v) is 13.0. The molecule has 192 valence electrons. The molecule has 4 aliphatic rings. The average Bonchev–Trinajstić information content (AvgIpc) is 3.26. The minimum absolute atomic E-state index is 0.0518. The summed E-state index contributed by atoms with van der Waals surface area (Å²) in [5.41, 5.74) is 1.50. The summed E-state index contributed by atoms with van der Waals surface area (Å²) >= 11 is 0. The number of carbonyl (C=O) groups excluding carboxylic acids is 1. The summed E-state index contributed by atoms with van der Waals surface area (Å²) < 4.78 is 28.1.